The lowest BCUT2D eigenvalue weighted by Gasteiger charge is -2.09. The van der Waals surface area contributed by atoms with Gasteiger partial charge in [0.15, 0.2) is 0 Å². The number of furan rings is 1. The minimum atomic E-state index is -0.495. The fraction of sp³-hybridized carbons (Fsp3) is 0.167. The maximum atomic E-state index is 9.95. The molecule has 2 aromatic rings. The molecule has 1 aromatic heterocycles. The molecule has 0 aliphatic rings. The first-order valence-corrected chi connectivity index (χ1v) is 5.79. The van der Waals surface area contributed by atoms with Crippen molar-refractivity contribution in [2.45, 2.75) is 12.5 Å². The van der Waals surface area contributed by atoms with Crippen molar-refractivity contribution < 1.29 is 9.52 Å². The lowest BCUT2D eigenvalue weighted by atomic mass is 10.1. The van der Waals surface area contributed by atoms with Crippen molar-refractivity contribution in [1.29, 1.82) is 0 Å². The number of aliphatic hydroxyl groups excluding tert-OH is 1. The molecule has 0 fully saturated rings. The Kier molecular flexibility index (Phi) is 3.43. The van der Waals surface area contributed by atoms with Crippen LogP contribution in [0, 0.1) is 3.57 Å². The maximum Gasteiger partial charge on any atom is 0.106 e. The van der Waals surface area contributed by atoms with Crippen LogP contribution < -0.4 is 0 Å². The molecular weight excluding hydrogens is 303 g/mol. The first-order chi connectivity index (χ1) is 7.25. The van der Waals surface area contributed by atoms with E-state index < -0.39 is 6.10 Å². The number of aliphatic hydroxyl groups is 1. The molecule has 1 aromatic carbocycles. The van der Waals surface area contributed by atoms with E-state index in [1.54, 1.807) is 6.26 Å². The average molecular weight is 314 g/mol. The summed E-state index contributed by atoms with van der Waals surface area (Å²) >= 11 is 2.23. The third-order valence-corrected chi connectivity index (χ3v) is 2.88. The first-order valence-electron chi connectivity index (χ1n) is 4.71. The average Bonchev–Trinajstić information content (AvgIpc) is 2.70. The zero-order valence-electron chi connectivity index (χ0n) is 8.06. The highest BCUT2D eigenvalue weighted by molar-refractivity contribution is 14.1. The molecule has 78 valence electrons. The van der Waals surface area contributed by atoms with E-state index in [1.165, 1.54) is 0 Å². The van der Waals surface area contributed by atoms with E-state index >= 15 is 0 Å². The molecule has 0 radical (unpaired) electrons. The quantitative estimate of drug-likeness (QED) is 0.883. The van der Waals surface area contributed by atoms with E-state index in [9.17, 15) is 5.11 Å². The molecular formula is C12H11IO2. The fourth-order valence-corrected chi connectivity index (χ4v) is 2.02. The van der Waals surface area contributed by atoms with Crippen molar-refractivity contribution in [2.24, 2.45) is 0 Å². The predicted octanol–water partition coefficient (Wildman–Crippen LogP) is 3.16. The van der Waals surface area contributed by atoms with Crippen LogP contribution >= 0.6 is 22.6 Å². The van der Waals surface area contributed by atoms with Gasteiger partial charge in [-0.2, -0.15) is 0 Å². The second-order valence-electron chi connectivity index (χ2n) is 3.35. The van der Waals surface area contributed by atoms with Crippen molar-refractivity contribution >= 4 is 22.6 Å². The van der Waals surface area contributed by atoms with Crippen LogP contribution in [0.4, 0.5) is 0 Å². The molecule has 0 aliphatic heterocycles. The van der Waals surface area contributed by atoms with Crippen LogP contribution in [0.15, 0.2) is 47.1 Å². The molecule has 0 aliphatic carbocycles. The Morgan fingerprint density at radius 3 is 2.80 bits per heavy atom. The second-order valence-corrected chi connectivity index (χ2v) is 4.60. The van der Waals surface area contributed by atoms with E-state index in [-0.39, 0.29) is 0 Å². The normalized spacial score (nSPS) is 12.7. The van der Waals surface area contributed by atoms with Gasteiger partial charge in [-0.1, -0.05) is 12.1 Å². The molecule has 1 heterocycles. The molecule has 2 rings (SSSR count). The Bertz CT molecular complexity index is 423. The zero-order chi connectivity index (χ0) is 10.7. The van der Waals surface area contributed by atoms with Crippen LogP contribution in [0.1, 0.15) is 17.4 Å². The molecule has 1 atom stereocenters. The van der Waals surface area contributed by atoms with Crippen molar-refractivity contribution in [3.8, 4) is 0 Å². The van der Waals surface area contributed by atoms with Gasteiger partial charge in [-0.05, 0) is 52.4 Å². The molecule has 0 saturated heterocycles. The van der Waals surface area contributed by atoms with E-state index in [1.807, 2.05) is 36.4 Å². The summed E-state index contributed by atoms with van der Waals surface area (Å²) in [6, 6.07) is 11.6. The van der Waals surface area contributed by atoms with Crippen LogP contribution in [0.5, 0.6) is 0 Å². The molecule has 0 spiro atoms. The Morgan fingerprint density at radius 2 is 2.13 bits per heavy atom. The van der Waals surface area contributed by atoms with Gasteiger partial charge in [-0.15, -0.1) is 0 Å². The molecule has 3 heteroatoms. The zero-order valence-corrected chi connectivity index (χ0v) is 10.2. The fourth-order valence-electron chi connectivity index (χ4n) is 1.45. The minimum absolute atomic E-state index is 0.495. The van der Waals surface area contributed by atoms with Crippen molar-refractivity contribution in [3.63, 3.8) is 0 Å². The number of benzene rings is 1. The molecule has 0 bridgehead atoms. The van der Waals surface area contributed by atoms with Gasteiger partial charge >= 0.3 is 0 Å². The van der Waals surface area contributed by atoms with E-state index in [2.05, 4.69) is 22.6 Å². The standard InChI is InChI=1S/C12H11IO2/c13-10-4-1-3-9(7-10)12(14)8-11-5-2-6-15-11/h1-7,12,14H,8H2. The van der Waals surface area contributed by atoms with Gasteiger partial charge in [-0.3, -0.25) is 0 Å². The third-order valence-electron chi connectivity index (χ3n) is 2.21. The summed E-state index contributed by atoms with van der Waals surface area (Å²) in [5, 5.41) is 9.95. The smallest absolute Gasteiger partial charge is 0.106 e. The Hall–Kier alpha value is -0.810. The minimum Gasteiger partial charge on any atom is -0.469 e. The molecule has 2 nitrogen and oxygen atoms in total. The number of halogens is 1. The van der Waals surface area contributed by atoms with Crippen LogP contribution in [0.25, 0.3) is 0 Å². The van der Waals surface area contributed by atoms with E-state index in [0.717, 1.165) is 14.9 Å². The summed E-state index contributed by atoms with van der Waals surface area (Å²) in [5.41, 5.74) is 0.929. The van der Waals surface area contributed by atoms with Crippen LogP contribution in [0.3, 0.4) is 0 Å². The molecule has 1 unspecified atom stereocenters. The second kappa shape index (κ2) is 4.81. The number of hydrogen-bond acceptors (Lipinski definition) is 2. The Morgan fingerprint density at radius 1 is 1.27 bits per heavy atom. The van der Waals surface area contributed by atoms with Gasteiger partial charge in [0.25, 0.3) is 0 Å². The van der Waals surface area contributed by atoms with Crippen LogP contribution in [-0.4, -0.2) is 5.11 Å². The van der Waals surface area contributed by atoms with Gasteiger partial charge in [0.2, 0.25) is 0 Å². The van der Waals surface area contributed by atoms with Gasteiger partial charge in [0.05, 0.1) is 12.4 Å². The number of rotatable bonds is 3. The van der Waals surface area contributed by atoms with Gasteiger partial charge in [0.1, 0.15) is 5.76 Å². The van der Waals surface area contributed by atoms with Crippen molar-refractivity contribution in [2.75, 3.05) is 0 Å². The largest absolute Gasteiger partial charge is 0.469 e. The summed E-state index contributed by atoms with van der Waals surface area (Å²) in [4.78, 5) is 0. The molecule has 1 N–H and O–H groups in total. The van der Waals surface area contributed by atoms with Crippen molar-refractivity contribution in [3.05, 3.63) is 57.6 Å². The topological polar surface area (TPSA) is 33.4 Å². The summed E-state index contributed by atoms with van der Waals surface area (Å²) < 4.78 is 6.32. The van der Waals surface area contributed by atoms with Gasteiger partial charge in [-0.25, -0.2) is 0 Å². The monoisotopic (exact) mass is 314 g/mol. The summed E-state index contributed by atoms with van der Waals surface area (Å²) in [6.07, 6.45) is 1.65. The highest BCUT2D eigenvalue weighted by atomic mass is 127. The highest BCUT2D eigenvalue weighted by Crippen LogP contribution is 2.20. The molecule has 0 saturated carbocycles. The summed E-state index contributed by atoms with van der Waals surface area (Å²) in [7, 11) is 0. The Balaban J connectivity index is 2.11. The Labute approximate surface area is 102 Å². The summed E-state index contributed by atoms with van der Waals surface area (Å²) in [6.45, 7) is 0. The lowest BCUT2D eigenvalue weighted by Crippen LogP contribution is -2.01. The predicted molar refractivity (Wildman–Crippen MR) is 66.5 cm³/mol. The molecule has 0 amide bonds. The maximum absolute atomic E-state index is 9.95. The number of hydrogen-bond donors (Lipinski definition) is 1. The van der Waals surface area contributed by atoms with E-state index in [0.29, 0.717) is 6.42 Å². The van der Waals surface area contributed by atoms with Crippen LogP contribution in [-0.2, 0) is 6.42 Å². The first kappa shape index (κ1) is 10.7. The molecule has 15 heavy (non-hydrogen) atoms. The summed E-state index contributed by atoms with van der Waals surface area (Å²) in [5.74, 6) is 0.807. The highest BCUT2D eigenvalue weighted by Gasteiger charge is 2.10. The SMILES string of the molecule is OC(Cc1ccco1)c1cccc(I)c1. The van der Waals surface area contributed by atoms with Gasteiger partial charge < -0.3 is 9.52 Å². The van der Waals surface area contributed by atoms with E-state index in [4.69, 9.17) is 4.42 Å². The third kappa shape index (κ3) is 2.82. The lowest BCUT2D eigenvalue weighted by molar-refractivity contribution is 0.170. The van der Waals surface area contributed by atoms with Gasteiger partial charge in [0, 0.05) is 9.99 Å². The van der Waals surface area contributed by atoms with Crippen LogP contribution in [0.2, 0.25) is 0 Å². The van der Waals surface area contributed by atoms with Crippen molar-refractivity contribution in [1.82, 2.24) is 0 Å².